The van der Waals surface area contributed by atoms with Gasteiger partial charge in [-0.3, -0.25) is 14.8 Å². The highest BCUT2D eigenvalue weighted by Gasteiger charge is 2.23. The van der Waals surface area contributed by atoms with Crippen molar-refractivity contribution in [2.75, 3.05) is 46.0 Å². The molecule has 0 aromatic carbocycles. The van der Waals surface area contributed by atoms with Gasteiger partial charge in [-0.1, -0.05) is 0 Å². The van der Waals surface area contributed by atoms with Crippen molar-refractivity contribution in [3.63, 3.8) is 0 Å². The van der Waals surface area contributed by atoms with E-state index >= 15 is 0 Å². The Balaban J connectivity index is 1.93. The fraction of sp³-hybridized carbons (Fsp3) is 0.667. The van der Waals surface area contributed by atoms with Crippen LogP contribution in [0.4, 0.5) is 5.82 Å². The molecule has 0 bridgehead atoms. The number of nitrogen functional groups attached to an aromatic ring is 1. The van der Waals surface area contributed by atoms with Crippen LogP contribution < -0.4 is 11.1 Å². The van der Waals surface area contributed by atoms with Gasteiger partial charge in [-0.2, -0.15) is 5.10 Å². The highest BCUT2D eigenvalue weighted by atomic mass is 16.1. The van der Waals surface area contributed by atoms with E-state index in [4.69, 9.17) is 5.73 Å². The summed E-state index contributed by atoms with van der Waals surface area (Å²) in [5.41, 5.74) is 6.83. The number of H-pyrrole nitrogens is 1. The van der Waals surface area contributed by atoms with E-state index in [1.54, 1.807) is 6.92 Å². The molecule has 2 heterocycles. The summed E-state index contributed by atoms with van der Waals surface area (Å²) in [6, 6.07) is 0.330. The first kappa shape index (κ1) is 13.8. The van der Waals surface area contributed by atoms with Crippen LogP contribution in [0.25, 0.3) is 0 Å². The third kappa shape index (κ3) is 3.05. The van der Waals surface area contributed by atoms with Gasteiger partial charge >= 0.3 is 0 Å². The van der Waals surface area contributed by atoms with E-state index in [0.717, 1.165) is 19.6 Å². The Kier molecular flexibility index (Phi) is 4.06. The zero-order valence-corrected chi connectivity index (χ0v) is 11.7. The summed E-state index contributed by atoms with van der Waals surface area (Å²) in [7, 11) is 4.18. The fourth-order valence-corrected chi connectivity index (χ4v) is 2.36. The van der Waals surface area contributed by atoms with Crippen LogP contribution in [-0.2, 0) is 0 Å². The van der Waals surface area contributed by atoms with Crippen LogP contribution in [0, 0.1) is 6.92 Å². The SMILES string of the molecule is Cc1[nH]nc(N)c1C(=O)NCC1CN(C)CCN1C. The molecular formula is C12H22N6O. The molecule has 7 heteroatoms. The summed E-state index contributed by atoms with van der Waals surface area (Å²) >= 11 is 0. The minimum absolute atomic E-state index is 0.162. The number of piperazine rings is 1. The Hall–Kier alpha value is -1.60. The number of aromatic nitrogens is 2. The Bertz CT molecular complexity index is 438. The lowest BCUT2D eigenvalue weighted by atomic mass is 10.1. The first-order chi connectivity index (χ1) is 8.99. The van der Waals surface area contributed by atoms with Gasteiger partial charge in [-0.25, -0.2) is 0 Å². The molecule has 7 nitrogen and oxygen atoms in total. The normalized spacial score (nSPS) is 21.5. The molecule has 0 radical (unpaired) electrons. The van der Waals surface area contributed by atoms with Gasteiger partial charge in [0.2, 0.25) is 0 Å². The van der Waals surface area contributed by atoms with Gasteiger partial charge in [0.15, 0.2) is 5.82 Å². The molecule has 19 heavy (non-hydrogen) atoms. The van der Waals surface area contributed by atoms with Crippen molar-refractivity contribution >= 4 is 11.7 Å². The number of aromatic amines is 1. The number of carbonyl (C=O) groups is 1. The van der Waals surface area contributed by atoms with Gasteiger partial charge in [0.05, 0.1) is 0 Å². The summed E-state index contributed by atoms with van der Waals surface area (Å²) in [4.78, 5) is 16.6. The maximum atomic E-state index is 12.1. The molecule has 4 N–H and O–H groups in total. The molecule has 0 aliphatic carbocycles. The molecule has 106 valence electrons. The molecule has 1 saturated heterocycles. The molecular weight excluding hydrogens is 244 g/mol. The third-order valence-corrected chi connectivity index (χ3v) is 3.68. The average Bonchev–Trinajstić information content (AvgIpc) is 2.70. The predicted molar refractivity (Wildman–Crippen MR) is 74.0 cm³/mol. The van der Waals surface area contributed by atoms with Crippen molar-refractivity contribution in [3.8, 4) is 0 Å². The lowest BCUT2D eigenvalue weighted by Gasteiger charge is -2.37. The second-order valence-corrected chi connectivity index (χ2v) is 5.22. The number of rotatable bonds is 3. The van der Waals surface area contributed by atoms with Gasteiger partial charge < -0.3 is 16.0 Å². The fourth-order valence-electron chi connectivity index (χ4n) is 2.36. The Labute approximate surface area is 113 Å². The lowest BCUT2D eigenvalue weighted by molar-refractivity contribution is 0.0881. The maximum absolute atomic E-state index is 12.1. The van der Waals surface area contributed by atoms with Crippen LogP contribution in [0.1, 0.15) is 16.1 Å². The van der Waals surface area contributed by atoms with Gasteiger partial charge in [0, 0.05) is 37.9 Å². The van der Waals surface area contributed by atoms with E-state index in [1.807, 2.05) is 0 Å². The number of hydrogen-bond acceptors (Lipinski definition) is 5. The van der Waals surface area contributed by atoms with Gasteiger partial charge in [0.25, 0.3) is 5.91 Å². The van der Waals surface area contributed by atoms with E-state index in [2.05, 4.69) is 39.4 Å². The van der Waals surface area contributed by atoms with E-state index < -0.39 is 0 Å². The molecule has 0 saturated carbocycles. The first-order valence-electron chi connectivity index (χ1n) is 6.46. The standard InChI is InChI=1S/C12H22N6O/c1-8-10(11(13)16-15-8)12(19)14-6-9-7-17(2)4-5-18(9)3/h9H,4-7H2,1-3H3,(H,14,19)(H3,13,15,16). The second-order valence-electron chi connectivity index (χ2n) is 5.22. The molecule has 1 atom stereocenters. The van der Waals surface area contributed by atoms with Crippen molar-refractivity contribution in [2.24, 2.45) is 0 Å². The Morgan fingerprint density at radius 2 is 2.26 bits per heavy atom. The van der Waals surface area contributed by atoms with E-state index in [-0.39, 0.29) is 11.7 Å². The first-order valence-corrected chi connectivity index (χ1v) is 6.46. The second kappa shape index (κ2) is 5.58. The van der Waals surface area contributed by atoms with Crippen molar-refractivity contribution in [1.29, 1.82) is 0 Å². The largest absolute Gasteiger partial charge is 0.382 e. The Morgan fingerprint density at radius 1 is 1.53 bits per heavy atom. The van der Waals surface area contributed by atoms with E-state index in [1.165, 1.54) is 0 Å². The zero-order valence-electron chi connectivity index (χ0n) is 11.7. The molecule has 1 aromatic rings. The number of likely N-dealkylation sites (N-methyl/N-ethyl adjacent to an activating group) is 2. The topological polar surface area (TPSA) is 90.3 Å². The minimum Gasteiger partial charge on any atom is -0.382 e. The molecule has 1 aliphatic heterocycles. The van der Waals surface area contributed by atoms with Crippen molar-refractivity contribution in [3.05, 3.63) is 11.3 Å². The van der Waals surface area contributed by atoms with Crippen molar-refractivity contribution in [2.45, 2.75) is 13.0 Å². The molecule has 1 aliphatic rings. The number of nitrogens with zero attached hydrogens (tertiary/aromatic N) is 3. The van der Waals surface area contributed by atoms with Crippen LogP contribution in [-0.4, -0.2) is 72.2 Å². The Morgan fingerprint density at radius 3 is 2.89 bits per heavy atom. The van der Waals surface area contributed by atoms with Gasteiger partial charge in [0.1, 0.15) is 5.56 Å². The highest BCUT2D eigenvalue weighted by molar-refractivity contribution is 5.99. The molecule has 1 amide bonds. The van der Waals surface area contributed by atoms with Crippen LogP contribution >= 0.6 is 0 Å². The molecule has 0 spiro atoms. The molecule has 1 unspecified atom stereocenters. The smallest absolute Gasteiger partial charge is 0.256 e. The maximum Gasteiger partial charge on any atom is 0.256 e. The molecule has 1 fully saturated rings. The van der Waals surface area contributed by atoms with Crippen LogP contribution in [0.15, 0.2) is 0 Å². The summed E-state index contributed by atoms with van der Waals surface area (Å²) < 4.78 is 0. The molecule has 1 aromatic heterocycles. The number of aryl methyl sites for hydroxylation is 1. The summed E-state index contributed by atoms with van der Waals surface area (Å²) in [5.74, 6) is 0.0921. The highest BCUT2D eigenvalue weighted by Crippen LogP contribution is 2.12. The van der Waals surface area contributed by atoms with E-state index in [0.29, 0.717) is 23.8 Å². The summed E-state index contributed by atoms with van der Waals surface area (Å²) in [5, 5.41) is 9.49. The minimum atomic E-state index is -0.162. The molecule has 2 rings (SSSR count). The van der Waals surface area contributed by atoms with Crippen LogP contribution in [0.3, 0.4) is 0 Å². The quantitative estimate of drug-likeness (QED) is 0.671. The number of anilines is 1. The average molecular weight is 266 g/mol. The number of hydrogen-bond donors (Lipinski definition) is 3. The van der Waals surface area contributed by atoms with Gasteiger partial charge in [-0.05, 0) is 21.0 Å². The van der Waals surface area contributed by atoms with Crippen LogP contribution in [0.2, 0.25) is 0 Å². The summed E-state index contributed by atoms with van der Waals surface area (Å²) in [6.45, 7) is 5.44. The number of amides is 1. The van der Waals surface area contributed by atoms with Crippen molar-refractivity contribution in [1.82, 2.24) is 25.3 Å². The number of nitrogens with two attached hydrogens (primary N) is 1. The third-order valence-electron chi connectivity index (χ3n) is 3.68. The van der Waals surface area contributed by atoms with Crippen LogP contribution in [0.5, 0.6) is 0 Å². The predicted octanol–water partition coefficient (Wildman–Crippen LogP) is -0.724. The summed E-state index contributed by atoms with van der Waals surface area (Å²) in [6.07, 6.45) is 0. The van der Waals surface area contributed by atoms with Crippen molar-refractivity contribution < 1.29 is 4.79 Å². The lowest BCUT2D eigenvalue weighted by Crippen LogP contribution is -2.54. The van der Waals surface area contributed by atoms with Gasteiger partial charge in [-0.15, -0.1) is 0 Å². The number of nitrogens with one attached hydrogen (secondary N) is 2. The number of carbonyl (C=O) groups excluding carboxylic acids is 1. The monoisotopic (exact) mass is 266 g/mol. The zero-order chi connectivity index (χ0) is 14.0. The van der Waals surface area contributed by atoms with E-state index in [9.17, 15) is 4.79 Å².